The van der Waals surface area contributed by atoms with E-state index in [1.807, 2.05) is 0 Å². The molecule has 1 aromatic rings. The molecule has 2 heterocycles. The number of amides is 1. The standard InChI is InChI=1S/C23H25F3N4O4/c1-32-19-12-16(27)14(13-28-15-5-7-22(8-6-15)33-9-10-34-22)11-18(19)30-21(31)17-3-2-4-20(29-17)23(24,25)26/h2-4,11-13,15,27-28H,5-10H2,1H3,(H,30,31)/b14-13-,27-16?. The minimum atomic E-state index is -4.66. The highest BCUT2D eigenvalue weighted by Gasteiger charge is 2.40. The number of aromatic nitrogens is 1. The summed E-state index contributed by atoms with van der Waals surface area (Å²) in [5.74, 6) is -1.08. The summed E-state index contributed by atoms with van der Waals surface area (Å²) in [6, 6.07) is 3.28. The maximum atomic E-state index is 12.9. The maximum Gasteiger partial charge on any atom is 0.433 e. The van der Waals surface area contributed by atoms with Crippen LogP contribution in [0.25, 0.3) is 0 Å². The number of alkyl halides is 3. The van der Waals surface area contributed by atoms with Gasteiger partial charge < -0.3 is 30.3 Å². The molecular weight excluding hydrogens is 453 g/mol. The molecule has 0 atom stereocenters. The highest BCUT2D eigenvalue weighted by Crippen LogP contribution is 2.35. The molecule has 11 heteroatoms. The highest BCUT2D eigenvalue weighted by atomic mass is 19.4. The molecule has 182 valence electrons. The van der Waals surface area contributed by atoms with Crippen LogP contribution >= 0.6 is 0 Å². The lowest BCUT2D eigenvalue weighted by atomic mass is 9.90. The van der Waals surface area contributed by atoms with Crippen molar-refractivity contribution in [1.29, 1.82) is 5.41 Å². The summed E-state index contributed by atoms with van der Waals surface area (Å²) in [4.78, 5) is 16.0. The number of halogens is 3. The summed E-state index contributed by atoms with van der Waals surface area (Å²) in [6.07, 6.45) is 3.23. The number of pyridine rings is 1. The highest BCUT2D eigenvalue weighted by molar-refractivity contribution is 6.10. The molecule has 1 saturated heterocycles. The number of allylic oxidation sites excluding steroid dienone is 3. The van der Waals surface area contributed by atoms with Gasteiger partial charge in [-0.1, -0.05) is 6.07 Å². The van der Waals surface area contributed by atoms with E-state index in [0.717, 1.165) is 37.8 Å². The smallest absolute Gasteiger partial charge is 0.433 e. The van der Waals surface area contributed by atoms with Gasteiger partial charge in [0.05, 0.1) is 31.7 Å². The number of ether oxygens (including phenoxy) is 3. The zero-order valence-corrected chi connectivity index (χ0v) is 18.5. The molecule has 0 aromatic carbocycles. The van der Waals surface area contributed by atoms with Crippen LogP contribution in [0.1, 0.15) is 41.9 Å². The minimum Gasteiger partial charge on any atom is -0.494 e. The Hall–Kier alpha value is -3.18. The first-order valence-electron chi connectivity index (χ1n) is 10.9. The number of nitrogens with zero attached hydrogens (tertiary/aromatic N) is 1. The first-order valence-corrected chi connectivity index (χ1v) is 10.9. The fourth-order valence-corrected chi connectivity index (χ4v) is 4.11. The molecule has 1 saturated carbocycles. The lowest BCUT2D eigenvalue weighted by Crippen LogP contribution is -2.40. The van der Waals surface area contributed by atoms with E-state index < -0.39 is 23.6 Å². The molecule has 34 heavy (non-hydrogen) atoms. The van der Waals surface area contributed by atoms with Crippen LogP contribution in [0.4, 0.5) is 13.2 Å². The summed E-state index contributed by atoms with van der Waals surface area (Å²) in [5.41, 5.74) is -0.681. The van der Waals surface area contributed by atoms with Crippen molar-refractivity contribution >= 4 is 11.6 Å². The molecular formula is C23H25F3N4O4. The van der Waals surface area contributed by atoms with Gasteiger partial charge in [0.15, 0.2) is 5.79 Å². The molecule has 0 unspecified atom stereocenters. The third kappa shape index (κ3) is 5.31. The number of carbonyl (C=O) groups excluding carboxylic acids is 1. The van der Waals surface area contributed by atoms with Gasteiger partial charge in [-0.15, -0.1) is 0 Å². The van der Waals surface area contributed by atoms with Crippen LogP contribution in [-0.4, -0.2) is 48.8 Å². The number of rotatable bonds is 5. The third-order valence-electron chi connectivity index (χ3n) is 5.93. The molecule has 8 nitrogen and oxygen atoms in total. The van der Waals surface area contributed by atoms with E-state index in [2.05, 4.69) is 15.6 Å². The Morgan fingerprint density at radius 2 is 1.94 bits per heavy atom. The largest absolute Gasteiger partial charge is 0.494 e. The predicted molar refractivity (Wildman–Crippen MR) is 116 cm³/mol. The van der Waals surface area contributed by atoms with Gasteiger partial charge in [-0.25, -0.2) is 4.98 Å². The summed E-state index contributed by atoms with van der Waals surface area (Å²) < 4.78 is 55.5. The summed E-state index contributed by atoms with van der Waals surface area (Å²) in [5, 5.41) is 14.1. The SMILES string of the molecule is COC1=CC(=N)/C(=C\NC2CCC3(CC2)OCCO3)C=C1NC(=O)c1cccc(C(F)(F)F)n1. The molecule has 3 N–H and O–H groups in total. The van der Waals surface area contributed by atoms with Crippen molar-refractivity contribution in [3.05, 3.63) is 65.0 Å². The van der Waals surface area contributed by atoms with Crippen molar-refractivity contribution in [2.75, 3.05) is 20.3 Å². The van der Waals surface area contributed by atoms with Crippen LogP contribution < -0.4 is 10.6 Å². The van der Waals surface area contributed by atoms with Gasteiger partial charge in [-0.05, 0) is 31.1 Å². The van der Waals surface area contributed by atoms with Crippen molar-refractivity contribution in [2.24, 2.45) is 0 Å². The first-order chi connectivity index (χ1) is 16.2. The minimum absolute atomic E-state index is 0.161. The van der Waals surface area contributed by atoms with E-state index in [1.165, 1.54) is 25.3 Å². The van der Waals surface area contributed by atoms with E-state index in [4.69, 9.17) is 19.6 Å². The van der Waals surface area contributed by atoms with Crippen molar-refractivity contribution in [3.8, 4) is 0 Å². The van der Waals surface area contributed by atoms with Crippen LogP contribution in [0.15, 0.2) is 53.6 Å². The van der Waals surface area contributed by atoms with Crippen molar-refractivity contribution in [2.45, 2.75) is 43.7 Å². The van der Waals surface area contributed by atoms with Crippen molar-refractivity contribution in [3.63, 3.8) is 0 Å². The second kappa shape index (κ2) is 9.59. The van der Waals surface area contributed by atoms with Gasteiger partial charge >= 0.3 is 6.18 Å². The summed E-state index contributed by atoms with van der Waals surface area (Å²) in [7, 11) is 1.37. The van der Waals surface area contributed by atoms with Gasteiger partial charge in [0.25, 0.3) is 5.91 Å². The van der Waals surface area contributed by atoms with Crippen molar-refractivity contribution in [1.82, 2.24) is 15.6 Å². The van der Waals surface area contributed by atoms with Crippen LogP contribution in [0.3, 0.4) is 0 Å². The molecule has 3 aliphatic rings. The number of hydrogen-bond donors (Lipinski definition) is 3. The molecule has 0 radical (unpaired) electrons. The number of carbonyl (C=O) groups is 1. The maximum absolute atomic E-state index is 12.9. The van der Waals surface area contributed by atoms with Gasteiger partial charge in [-0.2, -0.15) is 13.2 Å². The second-order valence-electron chi connectivity index (χ2n) is 8.19. The molecule has 1 aromatic heterocycles. The van der Waals surface area contributed by atoms with Gasteiger partial charge in [-0.3, -0.25) is 4.79 Å². The fraction of sp³-hybridized carbons (Fsp3) is 0.435. The lowest BCUT2D eigenvalue weighted by Gasteiger charge is -2.35. The van der Waals surface area contributed by atoms with E-state index >= 15 is 0 Å². The fourth-order valence-electron chi connectivity index (χ4n) is 4.11. The first kappa shape index (κ1) is 24.0. The van der Waals surface area contributed by atoms with E-state index in [9.17, 15) is 18.0 Å². The summed E-state index contributed by atoms with van der Waals surface area (Å²) >= 11 is 0. The normalized spacial score (nSPS) is 21.9. The zero-order valence-electron chi connectivity index (χ0n) is 18.5. The topological polar surface area (TPSA) is 106 Å². The number of nitrogens with one attached hydrogen (secondary N) is 3. The average Bonchev–Trinajstić information content (AvgIpc) is 3.27. The molecule has 1 aliphatic heterocycles. The molecule has 1 spiro atoms. The van der Waals surface area contributed by atoms with Crippen molar-refractivity contribution < 1.29 is 32.2 Å². The Morgan fingerprint density at radius 1 is 1.24 bits per heavy atom. The Morgan fingerprint density at radius 3 is 2.59 bits per heavy atom. The summed E-state index contributed by atoms with van der Waals surface area (Å²) in [6.45, 7) is 1.23. The van der Waals surface area contributed by atoms with E-state index in [-0.39, 0.29) is 28.9 Å². The average molecular weight is 478 g/mol. The molecule has 1 amide bonds. The number of hydrogen-bond acceptors (Lipinski definition) is 7. The third-order valence-corrected chi connectivity index (χ3v) is 5.93. The van der Waals surface area contributed by atoms with E-state index in [1.54, 1.807) is 6.20 Å². The number of methoxy groups -OCH3 is 1. The Labute approximate surface area is 194 Å². The lowest BCUT2D eigenvalue weighted by molar-refractivity contribution is -0.179. The second-order valence-corrected chi connectivity index (χ2v) is 8.19. The van der Waals surface area contributed by atoms with Crippen LogP contribution in [0.2, 0.25) is 0 Å². The Balaban J connectivity index is 1.45. The predicted octanol–water partition coefficient (Wildman–Crippen LogP) is 3.44. The van der Waals surface area contributed by atoms with Crippen LogP contribution in [-0.2, 0) is 20.4 Å². The molecule has 0 bridgehead atoms. The Bertz CT molecular complexity index is 1050. The van der Waals surface area contributed by atoms with Crippen LogP contribution in [0, 0.1) is 5.41 Å². The molecule has 2 aliphatic carbocycles. The monoisotopic (exact) mass is 478 g/mol. The molecule has 4 rings (SSSR count). The van der Waals surface area contributed by atoms with Crippen LogP contribution in [0.5, 0.6) is 0 Å². The van der Waals surface area contributed by atoms with E-state index in [0.29, 0.717) is 18.8 Å². The van der Waals surface area contributed by atoms with Gasteiger partial charge in [0.2, 0.25) is 0 Å². The quantitative estimate of drug-likeness (QED) is 0.599. The van der Waals surface area contributed by atoms with Gasteiger partial charge in [0, 0.05) is 36.7 Å². The zero-order chi connectivity index (χ0) is 24.3. The molecule has 2 fully saturated rings. The Kier molecular flexibility index (Phi) is 6.76. The van der Waals surface area contributed by atoms with Gasteiger partial charge in [0.1, 0.15) is 17.1 Å².